The number of nitrogens with two attached hydrogens (primary N) is 1. The fraction of sp³-hybridized carbons (Fsp3) is 0.923. The zero-order valence-corrected chi connectivity index (χ0v) is 13.5. The van der Waals surface area contributed by atoms with Crippen LogP contribution in [0.3, 0.4) is 0 Å². The lowest BCUT2D eigenvalue weighted by atomic mass is 9.99. The molecule has 13 heteroatoms. The van der Waals surface area contributed by atoms with E-state index in [1.165, 1.54) is 0 Å². The van der Waals surface area contributed by atoms with Gasteiger partial charge in [0.25, 0.3) is 0 Å². The van der Waals surface area contributed by atoms with E-state index in [9.17, 15) is 40.5 Å². The van der Waals surface area contributed by atoms with Crippen LogP contribution >= 0.6 is 0 Å². The molecule has 2 heterocycles. The molecule has 2 rings (SSSR count). The van der Waals surface area contributed by atoms with Crippen molar-refractivity contribution in [2.24, 2.45) is 5.73 Å². The van der Waals surface area contributed by atoms with Crippen LogP contribution in [-0.2, 0) is 18.9 Å². The van der Waals surface area contributed by atoms with Gasteiger partial charge in [0.15, 0.2) is 6.29 Å². The summed E-state index contributed by atoms with van der Waals surface area (Å²) < 4.78 is 20.3. The molecule has 0 aromatic heterocycles. The van der Waals surface area contributed by atoms with Crippen molar-refractivity contribution < 1.29 is 59.5 Å². The Morgan fingerprint density at radius 3 is 2.08 bits per heavy atom. The average molecular weight is 385 g/mol. The first kappa shape index (κ1) is 21.2. The summed E-state index contributed by atoms with van der Waals surface area (Å²) in [5, 5.41) is 68.1. The van der Waals surface area contributed by atoms with Gasteiger partial charge >= 0.3 is 6.09 Å². The minimum absolute atomic E-state index is 0.728. The summed E-state index contributed by atoms with van der Waals surface area (Å²) in [4.78, 5) is 10.9. The quantitative estimate of drug-likeness (QED) is 0.215. The van der Waals surface area contributed by atoms with Gasteiger partial charge < -0.3 is 60.4 Å². The summed E-state index contributed by atoms with van der Waals surface area (Å²) in [5.41, 5.74) is 4.87. The minimum Gasteiger partial charge on any atom is -0.444 e. The van der Waals surface area contributed by atoms with Crippen LogP contribution in [0.5, 0.6) is 0 Å². The summed E-state index contributed by atoms with van der Waals surface area (Å²) >= 11 is 0. The molecule has 0 radical (unpaired) electrons. The maximum atomic E-state index is 10.9. The standard InChI is InChI=1S/C13H23NO12/c14-12(22)23-3-13(10(21)7(18)5(2-16)25-13)26-11-9(20)8(19)6(17)4(1-15)24-11/h4-11,15-21H,1-3H2,(H2,14,22)/t4-,5-,6-,7-,8+,9-,10+,11-,13+/m1/s1. The maximum absolute atomic E-state index is 10.9. The monoisotopic (exact) mass is 385 g/mol. The van der Waals surface area contributed by atoms with E-state index in [-0.39, 0.29) is 0 Å². The third-order valence-corrected chi connectivity index (χ3v) is 4.27. The molecule has 0 saturated carbocycles. The van der Waals surface area contributed by atoms with E-state index in [0.29, 0.717) is 0 Å². The van der Waals surface area contributed by atoms with Gasteiger partial charge in [0.2, 0.25) is 5.79 Å². The first-order valence-corrected chi connectivity index (χ1v) is 7.72. The van der Waals surface area contributed by atoms with E-state index >= 15 is 0 Å². The maximum Gasteiger partial charge on any atom is 0.404 e. The number of hydrogen-bond donors (Lipinski definition) is 8. The van der Waals surface area contributed by atoms with Gasteiger partial charge in [0.1, 0.15) is 49.3 Å². The molecule has 152 valence electrons. The van der Waals surface area contributed by atoms with Gasteiger partial charge in [-0.25, -0.2) is 4.79 Å². The molecule has 0 aromatic carbocycles. The van der Waals surface area contributed by atoms with Crippen molar-refractivity contribution in [1.29, 1.82) is 0 Å². The molecule has 2 fully saturated rings. The molecule has 0 aliphatic carbocycles. The summed E-state index contributed by atoms with van der Waals surface area (Å²) in [7, 11) is 0. The Morgan fingerprint density at radius 2 is 1.58 bits per heavy atom. The summed E-state index contributed by atoms with van der Waals surface area (Å²) in [5.74, 6) is -2.31. The van der Waals surface area contributed by atoms with Crippen LogP contribution in [0, 0.1) is 0 Å². The predicted molar refractivity (Wildman–Crippen MR) is 77.1 cm³/mol. The number of hydrogen-bond acceptors (Lipinski definition) is 12. The molecule has 0 spiro atoms. The minimum atomic E-state index is -2.31. The Labute approximate surface area is 147 Å². The van der Waals surface area contributed by atoms with Crippen LogP contribution in [0.4, 0.5) is 4.79 Å². The Balaban J connectivity index is 2.25. The van der Waals surface area contributed by atoms with Gasteiger partial charge in [-0.3, -0.25) is 0 Å². The summed E-state index contributed by atoms with van der Waals surface area (Å²) in [6.07, 6.45) is -14.5. The third kappa shape index (κ3) is 3.91. The molecular formula is C13H23NO12. The van der Waals surface area contributed by atoms with Crippen LogP contribution < -0.4 is 5.73 Å². The molecule has 26 heavy (non-hydrogen) atoms. The van der Waals surface area contributed by atoms with E-state index in [1.807, 2.05) is 0 Å². The SMILES string of the molecule is NC(=O)OC[C@@]1(O[C@H]2O[C@H](CO)[C@@H](O)[C@H](O)[C@H]2O)O[C@H](CO)[C@@H](O)[C@@H]1O. The van der Waals surface area contributed by atoms with Crippen molar-refractivity contribution in [2.75, 3.05) is 19.8 Å². The van der Waals surface area contributed by atoms with Crippen molar-refractivity contribution in [3.8, 4) is 0 Å². The first-order chi connectivity index (χ1) is 12.2. The van der Waals surface area contributed by atoms with Crippen LogP contribution in [0.15, 0.2) is 0 Å². The highest BCUT2D eigenvalue weighted by Crippen LogP contribution is 2.36. The number of aliphatic hydroxyl groups is 7. The number of ether oxygens (including phenoxy) is 4. The Morgan fingerprint density at radius 1 is 0.962 bits per heavy atom. The molecule has 2 saturated heterocycles. The highest BCUT2D eigenvalue weighted by Gasteiger charge is 2.59. The number of rotatable bonds is 6. The molecule has 13 nitrogen and oxygen atoms in total. The second-order valence-electron chi connectivity index (χ2n) is 6.01. The van der Waals surface area contributed by atoms with Crippen molar-refractivity contribution in [1.82, 2.24) is 0 Å². The van der Waals surface area contributed by atoms with E-state index < -0.39 is 80.7 Å². The van der Waals surface area contributed by atoms with Crippen molar-refractivity contribution in [3.05, 3.63) is 0 Å². The highest BCUT2D eigenvalue weighted by molar-refractivity contribution is 5.64. The fourth-order valence-corrected chi connectivity index (χ4v) is 2.79. The topological polar surface area (TPSA) is 222 Å². The lowest BCUT2D eigenvalue weighted by Gasteiger charge is -2.43. The molecule has 2 aliphatic heterocycles. The van der Waals surface area contributed by atoms with Crippen LogP contribution in [0.2, 0.25) is 0 Å². The van der Waals surface area contributed by atoms with Gasteiger partial charge in [-0.05, 0) is 0 Å². The summed E-state index contributed by atoms with van der Waals surface area (Å²) in [6, 6.07) is 0. The average Bonchev–Trinajstić information content (AvgIpc) is 2.85. The summed E-state index contributed by atoms with van der Waals surface area (Å²) in [6.45, 7) is -2.32. The molecule has 2 aliphatic rings. The van der Waals surface area contributed by atoms with Crippen LogP contribution in [0.1, 0.15) is 0 Å². The third-order valence-electron chi connectivity index (χ3n) is 4.27. The molecule has 1 amide bonds. The number of aliphatic hydroxyl groups excluding tert-OH is 7. The number of carbonyl (C=O) groups excluding carboxylic acids is 1. The van der Waals surface area contributed by atoms with Gasteiger partial charge in [0, 0.05) is 0 Å². The van der Waals surface area contributed by atoms with Gasteiger partial charge in [0.05, 0.1) is 13.2 Å². The fourth-order valence-electron chi connectivity index (χ4n) is 2.79. The molecule has 0 aromatic rings. The molecule has 0 bridgehead atoms. The van der Waals surface area contributed by atoms with E-state index in [1.54, 1.807) is 0 Å². The lowest BCUT2D eigenvalue weighted by molar-refractivity contribution is -0.383. The Hall–Kier alpha value is -1.13. The first-order valence-electron chi connectivity index (χ1n) is 7.72. The number of primary amides is 1. The van der Waals surface area contributed by atoms with Gasteiger partial charge in [-0.2, -0.15) is 0 Å². The van der Waals surface area contributed by atoms with Gasteiger partial charge in [-0.1, -0.05) is 0 Å². The predicted octanol–water partition coefficient (Wildman–Crippen LogP) is -5.29. The van der Waals surface area contributed by atoms with E-state index in [0.717, 1.165) is 0 Å². The van der Waals surface area contributed by atoms with Gasteiger partial charge in [-0.15, -0.1) is 0 Å². The number of amides is 1. The molecule has 9 atom stereocenters. The van der Waals surface area contributed by atoms with E-state index in [4.69, 9.17) is 19.9 Å². The number of carbonyl (C=O) groups is 1. The Bertz CT molecular complexity index is 492. The van der Waals surface area contributed by atoms with E-state index in [2.05, 4.69) is 4.74 Å². The Kier molecular flexibility index (Phi) is 6.73. The van der Waals surface area contributed by atoms with Crippen LogP contribution in [0.25, 0.3) is 0 Å². The van der Waals surface area contributed by atoms with Crippen molar-refractivity contribution in [3.63, 3.8) is 0 Å². The normalized spacial score (nSPS) is 46.3. The molecule has 0 unspecified atom stereocenters. The second-order valence-corrected chi connectivity index (χ2v) is 6.01. The highest BCUT2D eigenvalue weighted by atomic mass is 16.8. The van der Waals surface area contributed by atoms with Crippen LogP contribution in [-0.4, -0.2) is 116 Å². The second kappa shape index (κ2) is 8.26. The smallest absolute Gasteiger partial charge is 0.404 e. The van der Waals surface area contributed by atoms with Crippen molar-refractivity contribution >= 4 is 6.09 Å². The lowest BCUT2D eigenvalue weighted by Crippen LogP contribution is -2.63. The zero-order valence-electron chi connectivity index (χ0n) is 13.5. The zero-order chi connectivity index (χ0) is 19.6. The van der Waals surface area contributed by atoms with Crippen molar-refractivity contribution in [2.45, 2.75) is 54.8 Å². The largest absolute Gasteiger partial charge is 0.444 e. The molecular weight excluding hydrogens is 362 g/mol. The molecule has 9 N–H and O–H groups in total.